The molecule has 3 nitrogen and oxygen atoms in total. The second kappa shape index (κ2) is 5.71. The molecule has 0 aromatic carbocycles. The van der Waals surface area contributed by atoms with Gasteiger partial charge in [0.1, 0.15) is 0 Å². The maximum Gasteiger partial charge on any atom is 0.0472 e. The van der Waals surface area contributed by atoms with E-state index in [0.717, 1.165) is 50.4 Å². The molecule has 0 spiro atoms. The van der Waals surface area contributed by atoms with E-state index < -0.39 is 0 Å². The van der Waals surface area contributed by atoms with Gasteiger partial charge in [0.05, 0.1) is 0 Å². The van der Waals surface area contributed by atoms with Crippen LogP contribution < -0.4 is 5.73 Å². The third-order valence-corrected chi connectivity index (χ3v) is 6.02. The number of ether oxygens (including phenoxy) is 1. The van der Waals surface area contributed by atoms with E-state index in [-0.39, 0.29) is 0 Å². The van der Waals surface area contributed by atoms with E-state index in [2.05, 4.69) is 11.9 Å². The molecule has 1 saturated heterocycles. The Kier molecular flexibility index (Phi) is 4.16. The van der Waals surface area contributed by atoms with Gasteiger partial charge in [0, 0.05) is 26.3 Å². The molecule has 1 aliphatic heterocycles. The summed E-state index contributed by atoms with van der Waals surface area (Å²) in [7, 11) is 2.30. The van der Waals surface area contributed by atoms with Crippen molar-refractivity contribution in [3.05, 3.63) is 0 Å². The average Bonchev–Trinajstić information content (AvgIpc) is 3.02. The maximum atomic E-state index is 6.07. The molecular formula is C16H30N2O. The SMILES string of the molecule is CN(CC1CC2CCC1C2)CC1(CN)CCOCC1. The van der Waals surface area contributed by atoms with Crippen LogP contribution in [0.1, 0.15) is 38.5 Å². The van der Waals surface area contributed by atoms with Crippen molar-refractivity contribution >= 4 is 0 Å². The van der Waals surface area contributed by atoms with Crippen LogP contribution in [0.25, 0.3) is 0 Å². The van der Waals surface area contributed by atoms with E-state index >= 15 is 0 Å². The van der Waals surface area contributed by atoms with E-state index in [9.17, 15) is 0 Å². The normalized spacial score (nSPS) is 37.1. The van der Waals surface area contributed by atoms with Gasteiger partial charge < -0.3 is 15.4 Å². The lowest BCUT2D eigenvalue weighted by Crippen LogP contribution is -2.46. The Bertz CT molecular complexity index is 301. The lowest BCUT2D eigenvalue weighted by atomic mass is 9.79. The minimum atomic E-state index is 0.324. The van der Waals surface area contributed by atoms with E-state index in [1.807, 2.05) is 0 Å². The van der Waals surface area contributed by atoms with Gasteiger partial charge in [0.25, 0.3) is 0 Å². The smallest absolute Gasteiger partial charge is 0.0472 e. The molecule has 19 heavy (non-hydrogen) atoms. The summed E-state index contributed by atoms with van der Waals surface area (Å²) >= 11 is 0. The molecular weight excluding hydrogens is 236 g/mol. The Labute approximate surface area is 117 Å². The first kappa shape index (κ1) is 13.8. The fourth-order valence-corrected chi connectivity index (χ4v) is 4.87. The molecule has 3 rings (SSSR count). The van der Waals surface area contributed by atoms with Crippen molar-refractivity contribution in [3.8, 4) is 0 Å². The number of nitrogens with zero attached hydrogens (tertiary/aromatic N) is 1. The molecule has 0 aromatic rings. The average molecular weight is 266 g/mol. The lowest BCUT2D eigenvalue weighted by molar-refractivity contribution is 0.000731. The van der Waals surface area contributed by atoms with Crippen LogP contribution in [-0.2, 0) is 4.74 Å². The summed E-state index contributed by atoms with van der Waals surface area (Å²) in [5, 5.41) is 0. The second-order valence-electron chi connectivity index (χ2n) is 7.45. The monoisotopic (exact) mass is 266 g/mol. The lowest BCUT2D eigenvalue weighted by Gasteiger charge is -2.40. The molecule has 2 bridgehead atoms. The number of nitrogens with two attached hydrogens (primary N) is 1. The third kappa shape index (κ3) is 2.98. The molecule has 3 atom stereocenters. The van der Waals surface area contributed by atoms with E-state index in [1.54, 1.807) is 0 Å². The van der Waals surface area contributed by atoms with Crippen molar-refractivity contribution in [1.82, 2.24) is 4.90 Å². The molecule has 1 heterocycles. The molecule has 3 aliphatic rings. The van der Waals surface area contributed by atoms with Crippen molar-refractivity contribution in [2.45, 2.75) is 38.5 Å². The van der Waals surface area contributed by atoms with Gasteiger partial charge in [0.2, 0.25) is 0 Å². The van der Waals surface area contributed by atoms with Crippen LogP contribution in [0.4, 0.5) is 0 Å². The Balaban J connectivity index is 1.51. The zero-order valence-corrected chi connectivity index (χ0v) is 12.4. The summed E-state index contributed by atoms with van der Waals surface area (Å²) in [6.45, 7) is 5.08. The molecule has 0 radical (unpaired) electrons. The van der Waals surface area contributed by atoms with Crippen molar-refractivity contribution in [2.75, 3.05) is 39.9 Å². The van der Waals surface area contributed by atoms with Crippen molar-refractivity contribution in [3.63, 3.8) is 0 Å². The Hall–Kier alpha value is -0.120. The van der Waals surface area contributed by atoms with E-state index in [0.29, 0.717) is 5.41 Å². The molecule has 2 N–H and O–H groups in total. The molecule has 3 fully saturated rings. The summed E-state index contributed by atoms with van der Waals surface area (Å²) in [5.74, 6) is 3.07. The van der Waals surface area contributed by atoms with Gasteiger partial charge in [-0.3, -0.25) is 0 Å². The van der Waals surface area contributed by atoms with Crippen LogP contribution in [-0.4, -0.2) is 44.8 Å². The highest BCUT2D eigenvalue weighted by Gasteiger charge is 2.40. The minimum absolute atomic E-state index is 0.324. The number of fused-ring (bicyclic) bond motifs is 2. The second-order valence-corrected chi connectivity index (χ2v) is 7.45. The van der Waals surface area contributed by atoms with Gasteiger partial charge in [-0.25, -0.2) is 0 Å². The number of hydrogen-bond acceptors (Lipinski definition) is 3. The zero-order chi connectivity index (χ0) is 13.3. The summed E-state index contributed by atoms with van der Waals surface area (Å²) in [6.07, 6.45) is 8.31. The van der Waals surface area contributed by atoms with Gasteiger partial charge >= 0.3 is 0 Å². The highest BCUT2D eigenvalue weighted by molar-refractivity contribution is 4.92. The summed E-state index contributed by atoms with van der Waals surface area (Å²) in [5.41, 5.74) is 6.40. The topological polar surface area (TPSA) is 38.5 Å². The Morgan fingerprint density at radius 1 is 1.21 bits per heavy atom. The summed E-state index contributed by atoms with van der Waals surface area (Å²) < 4.78 is 5.51. The van der Waals surface area contributed by atoms with Crippen LogP contribution >= 0.6 is 0 Å². The fraction of sp³-hybridized carbons (Fsp3) is 1.00. The fourth-order valence-electron chi connectivity index (χ4n) is 4.87. The van der Waals surface area contributed by atoms with Gasteiger partial charge in [-0.05, 0) is 68.9 Å². The molecule has 0 aromatic heterocycles. The molecule has 3 heteroatoms. The van der Waals surface area contributed by atoms with Gasteiger partial charge in [-0.1, -0.05) is 6.42 Å². The van der Waals surface area contributed by atoms with Crippen LogP contribution in [0.5, 0.6) is 0 Å². The summed E-state index contributed by atoms with van der Waals surface area (Å²) in [4.78, 5) is 2.57. The minimum Gasteiger partial charge on any atom is -0.381 e. The Morgan fingerprint density at radius 2 is 2.00 bits per heavy atom. The largest absolute Gasteiger partial charge is 0.381 e. The first-order chi connectivity index (χ1) is 9.21. The highest BCUT2D eigenvalue weighted by Crippen LogP contribution is 2.48. The number of hydrogen-bond donors (Lipinski definition) is 1. The quantitative estimate of drug-likeness (QED) is 0.828. The van der Waals surface area contributed by atoms with Crippen LogP contribution in [0.15, 0.2) is 0 Å². The van der Waals surface area contributed by atoms with Crippen LogP contribution in [0.2, 0.25) is 0 Å². The van der Waals surface area contributed by atoms with Gasteiger partial charge in [0.15, 0.2) is 0 Å². The van der Waals surface area contributed by atoms with Crippen LogP contribution in [0, 0.1) is 23.2 Å². The van der Waals surface area contributed by atoms with E-state index in [1.165, 1.54) is 38.8 Å². The first-order valence-electron chi connectivity index (χ1n) is 8.17. The first-order valence-corrected chi connectivity index (χ1v) is 8.17. The third-order valence-electron chi connectivity index (χ3n) is 6.02. The van der Waals surface area contributed by atoms with E-state index in [4.69, 9.17) is 10.5 Å². The maximum absolute atomic E-state index is 6.07. The zero-order valence-electron chi connectivity index (χ0n) is 12.4. The predicted molar refractivity (Wildman–Crippen MR) is 78.0 cm³/mol. The number of rotatable bonds is 5. The van der Waals surface area contributed by atoms with Crippen molar-refractivity contribution in [2.24, 2.45) is 28.9 Å². The predicted octanol–water partition coefficient (Wildman–Crippen LogP) is 2.11. The Morgan fingerprint density at radius 3 is 2.58 bits per heavy atom. The standard InChI is InChI=1S/C16H30N2O/c1-18(10-15-9-13-2-3-14(15)8-13)12-16(11-17)4-6-19-7-5-16/h13-15H,2-12,17H2,1H3. The molecule has 0 amide bonds. The molecule has 110 valence electrons. The molecule has 2 saturated carbocycles. The van der Waals surface area contributed by atoms with Gasteiger partial charge in [-0.15, -0.1) is 0 Å². The molecule has 2 aliphatic carbocycles. The van der Waals surface area contributed by atoms with Crippen molar-refractivity contribution < 1.29 is 4.74 Å². The van der Waals surface area contributed by atoms with Crippen molar-refractivity contribution in [1.29, 1.82) is 0 Å². The molecule has 3 unspecified atom stereocenters. The highest BCUT2D eigenvalue weighted by atomic mass is 16.5. The van der Waals surface area contributed by atoms with Crippen LogP contribution in [0.3, 0.4) is 0 Å². The summed E-state index contributed by atoms with van der Waals surface area (Å²) in [6, 6.07) is 0. The van der Waals surface area contributed by atoms with Gasteiger partial charge in [-0.2, -0.15) is 0 Å².